The normalized spacial score (nSPS) is 10.7. The van der Waals surface area contributed by atoms with Crippen LogP contribution in [0.25, 0.3) is 0 Å². The van der Waals surface area contributed by atoms with E-state index in [4.69, 9.17) is 9.47 Å². The molecular formula is C15H24N2O4. The van der Waals surface area contributed by atoms with Gasteiger partial charge in [0.2, 0.25) is 0 Å². The lowest BCUT2D eigenvalue weighted by atomic mass is 10.2. The van der Waals surface area contributed by atoms with Crippen LogP contribution < -0.4 is 10.1 Å². The van der Waals surface area contributed by atoms with Crippen molar-refractivity contribution in [3.05, 3.63) is 28.3 Å². The van der Waals surface area contributed by atoms with Crippen molar-refractivity contribution in [2.24, 2.45) is 0 Å². The zero-order valence-corrected chi connectivity index (χ0v) is 12.9. The van der Waals surface area contributed by atoms with Gasteiger partial charge in [-0.15, -0.1) is 0 Å². The largest absolute Gasteiger partial charge is 0.487 e. The van der Waals surface area contributed by atoms with Gasteiger partial charge in [0.25, 0.3) is 0 Å². The number of nitro benzene ring substituents is 1. The van der Waals surface area contributed by atoms with Crippen molar-refractivity contribution in [2.45, 2.75) is 39.7 Å². The summed E-state index contributed by atoms with van der Waals surface area (Å²) in [5, 5.41) is 14.3. The number of benzene rings is 1. The highest BCUT2D eigenvalue weighted by atomic mass is 16.6. The molecule has 0 aromatic heterocycles. The lowest BCUT2D eigenvalue weighted by molar-refractivity contribution is -0.384. The van der Waals surface area contributed by atoms with Gasteiger partial charge in [0, 0.05) is 13.2 Å². The van der Waals surface area contributed by atoms with Gasteiger partial charge < -0.3 is 14.8 Å². The molecule has 0 fully saturated rings. The lowest BCUT2D eigenvalue weighted by Crippen LogP contribution is -2.08. The first kappa shape index (κ1) is 17.2. The second kappa shape index (κ2) is 9.18. The minimum absolute atomic E-state index is 0.00206. The van der Waals surface area contributed by atoms with Crippen LogP contribution in [0, 0.1) is 10.1 Å². The predicted molar refractivity (Wildman–Crippen MR) is 83.1 cm³/mol. The van der Waals surface area contributed by atoms with E-state index in [1.165, 1.54) is 0 Å². The van der Waals surface area contributed by atoms with Gasteiger partial charge in [-0.05, 0) is 45.7 Å². The first-order chi connectivity index (χ1) is 10.1. The first-order valence-corrected chi connectivity index (χ1v) is 7.32. The number of ether oxygens (including phenoxy) is 2. The fourth-order valence-corrected chi connectivity index (χ4v) is 1.89. The molecule has 0 amide bonds. The molecule has 6 nitrogen and oxygen atoms in total. The van der Waals surface area contributed by atoms with Gasteiger partial charge in [0.05, 0.1) is 17.6 Å². The standard InChI is InChI=1S/C15H24N2O4/c1-4-20-14-9-7-8-13(15(14)17(18)19)16-10-5-6-11-21-12(2)3/h7-9,12,16H,4-6,10-11H2,1-3H3. The molecule has 0 spiro atoms. The summed E-state index contributed by atoms with van der Waals surface area (Å²) in [6.45, 7) is 7.58. The average molecular weight is 296 g/mol. The molecule has 1 aromatic rings. The van der Waals surface area contributed by atoms with Gasteiger partial charge in [-0.25, -0.2) is 0 Å². The van der Waals surface area contributed by atoms with Crippen molar-refractivity contribution in [1.82, 2.24) is 0 Å². The van der Waals surface area contributed by atoms with Crippen LogP contribution >= 0.6 is 0 Å². The van der Waals surface area contributed by atoms with Crippen molar-refractivity contribution in [1.29, 1.82) is 0 Å². The van der Waals surface area contributed by atoms with Gasteiger partial charge >= 0.3 is 5.69 Å². The van der Waals surface area contributed by atoms with Gasteiger partial charge in [0.15, 0.2) is 5.75 Å². The van der Waals surface area contributed by atoms with E-state index in [2.05, 4.69) is 5.32 Å². The van der Waals surface area contributed by atoms with Crippen LogP contribution in [0.4, 0.5) is 11.4 Å². The van der Waals surface area contributed by atoms with Crippen LogP contribution in [0.3, 0.4) is 0 Å². The maximum atomic E-state index is 11.2. The highest BCUT2D eigenvalue weighted by molar-refractivity contribution is 5.68. The molecule has 6 heteroatoms. The number of anilines is 1. The summed E-state index contributed by atoms with van der Waals surface area (Å²) in [5.41, 5.74) is 0.494. The summed E-state index contributed by atoms with van der Waals surface area (Å²) in [4.78, 5) is 10.8. The predicted octanol–water partition coefficient (Wildman–Crippen LogP) is 3.61. The Morgan fingerprint density at radius 1 is 1.33 bits per heavy atom. The highest BCUT2D eigenvalue weighted by Gasteiger charge is 2.20. The molecule has 0 bridgehead atoms. The molecule has 1 rings (SSSR count). The van der Waals surface area contributed by atoms with Gasteiger partial charge in [-0.3, -0.25) is 10.1 Å². The number of nitrogens with zero attached hydrogens (tertiary/aromatic N) is 1. The third kappa shape index (κ3) is 5.99. The molecule has 0 heterocycles. The molecule has 118 valence electrons. The van der Waals surface area contributed by atoms with E-state index in [0.29, 0.717) is 31.2 Å². The Hall–Kier alpha value is -1.82. The zero-order chi connectivity index (χ0) is 15.7. The minimum Gasteiger partial charge on any atom is -0.487 e. The van der Waals surface area contributed by atoms with E-state index in [1.807, 2.05) is 13.8 Å². The fourth-order valence-electron chi connectivity index (χ4n) is 1.89. The molecule has 0 saturated carbocycles. The quantitative estimate of drug-likeness (QED) is 0.405. The van der Waals surface area contributed by atoms with Crippen LogP contribution in [0.15, 0.2) is 18.2 Å². The van der Waals surface area contributed by atoms with Crippen LogP contribution in [-0.2, 0) is 4.74 Å². The maximum absolute atomic E-state index is 11.2. The summed E-state index contributed by atoms with van der Waals surface area (Å²) in [5.74, 6) is 0.302. The molecule has 0 aliphatic rings. The molecule has 1 aromatic carbocycles. The summed E-state index contributed by atoms with van der Waals surface area (Å²) >= 11 is 0. The van der Waals surface area contributed by atoms with Gasteiger partial charge in [0.1, 0.15) is 5.69 Å². The van der Waals surface area contributed by atoms with Crippen molar-refractivity contribution >= 4 is 11.4 Å². The summed E-state index contributed by atoms with van der Waals surface area (Å²) in [7, 11) is 0. The number of nitrogens with one attached hydrogen (secondary N) is 1. The second-order valence-corrected chi connectivity index (χ2v) is 4.90. The Morgan fingerprint density at radius 3 is 2.71 bits per heavy atom. The molecule has 0 saturated heterocycles. The lowest BCUT2D eigenvalue weighted by Gasteiger charge is -2.11. The Bertz CT molecular complexity index is 449. The van der Waals surface area contributed by atoms with Crippen molar-refractivity contribution in [3.63, 3.8) is 0 Å². The maximum Gasteiger partial charge on any atom is 0.333 e. The van der Waals surface area contributed by atoms with E-state index in [0.717, 1.165) is 12.8 Å². The minimum atomic E-state index is -0.408. The topological polar surface area (TPSA) is 73.6 Å². The number of unbranched alkanes of at least 4 members (excludes halogenated alkanes) is 1. The third-order valence-electron chi connectivity index (χ3n) is 2.82. The second-order valence-electron chi connectivity index (χ2n) is 4.90. The number of hydrogen-bond acceptors (Lipinski definition) is 5. The fraction of sp³-hybridized carbons (Fsp3) is 0.600. The molecule has 1 N–H and O–H groups in total. The van der Waals surface area contributed by atoms with Gasteiger partial charge in [-0.2, -0.15) is 0 Å². The molecule has 21 heavy (non-hydrogen) atoms. The molecule has 0 aliphatic heterocycles. The Morgan fingerprint density at radius 2 is 2.10 bits per heavy atom. The van der Waals surface area contributed by atoms with Crippen LogP contribution in [0.2, 0.25) is 0 Å². The monoisotopic (exact) mass is 296 g/mol. The number of rotatable bonds is 10. The molecule has 0 atom stereocenters. The SMILES string of the molecule is CCOc1cccc(NCCCCOC(C)C)c1[N+](=O)[O-]. The number of nitro groups is 1. The van der Waals surface area contributed by atoms with Crippen molar-refractivity contribution < 1.29 is 14.4 Å². The van der Waals surface area contributed by atoms with E-state index >= 15 is 0 Å². The highest BCUT2D eigenvalue weighted by Crippen LogP contribution is 2.34. The first-order valence-electron chi connectivity index (χ1n) is 7.32. The Labute approximate surface area is 125 Å². The van der Waals surface area contributed by atoms with Crippen molar-refractivity contribution in [2.75, 3.05) is 25.1 Å². The van der Waals surface area contributed by atoms with Crippen LogP contribution in [-0.4, -0.2) is 30.8 Å². The number of hydrogen-bond donors (Lipinski definition) is 1. The summed E-state index contributed by atoms with van der Waals surface area (Å²) in [6, 6.07) is 5.07. The van der Waals surface area contributed by atoms with Crippen molar-refractivity contribution in [3.8, 4) is 5.75 Å². The zero-order valence-electron chi connectivity index (χ0n) is 12.9. The van der Waals surface area contributed by atoms with Gasteiger partial charge in [-0.1, -0.05) is 6.07 Å². The molecule has 0 aliphatic carbocycles. The summed E-state index contributed by atoms with van der Waals surface area (Å²) < 4.78 is 10.8. The molecule has 0 unspecified atom stereocenters. The number of para-hydroxylation sites is 1. The average Bonchev–Trinajstić information content (AvgIpc) is 2.42. The van der Waals surface area contributed by atoms with E-state index in [-0.39, 0.29) is 11.8 Å². The van der Waals surface area contributed by atoms with E-state index < -0.39 is 4.92 Å². The Balaban J connectivity index is 2.54. The summed E-state index contributed by atoms with van der Waals surface area (Å²) in [6.07, 6.45) is 2.05. The van der Waals surface area contributed by atoms with Crippen LogP contribution in [0.1, 0.15) is 33.6 Å². The molecule has 0 radical (unpaired) electrons. The van der Waals surface area contributed by atoms with Crippen LogP contribution in [0.5, 0.6) is 5.75 Å². The Kier molecular flexibility index (Phi) is 7.53. The van der Waals surface area contributed by atoms with E-state index in [9.17, 15) is 10.1 Å². The third-order valence-corrected chi connectivity index (χ3v) is 2.82. The smallest absolute Gasteiger partial charge is 0.333 e. The van der Waals surface area contributed by atoms with E-state index in [1.54, 1.807) is 25.1 Å². The molecular weight excluding hydrogens is 272 g/mol.